The lowest BCUT2D eigenvalue weighted by atomic mass is 9.85. The van der Waals surface area contributed by atoms with Gasteiger partial charge >= 0.3 is 0 Å². The van der Waals surface area contributed by atoms with Gasteiger partial charge in [-0.1, -0.05) is 44.2 Å². The molecule has 2 atom stereocenters. The fourth-order valence-corrected chi connectivity index (χ4v) is 5.98. The second-order valence-electron chi connectivity index (χ2n) is 6.12. The van der Waals surface area contributed by atoms with Crippen molar-refractivity contribution in [3.05, 3.63) is 51.8 Å². The van der Waals surface area contributed by atoms with Gasteiger partial charge in [0.25, 0.3) is 0 Å². The maximum absolute atomic E-state index is 12.6. The molecule has 0 aliphatic carbocycles. The van der Waals surface area contributed by atoms with Gasteiger partial charge in [0, 0.05) is 5.92 Å². The molecule has 132 valence electrons. The number of rotatable bonds is 8. The SMILES string of the molecule is CC(C)C[C@H](c1ccccc1)[C@@H](CO)NS(=O)(=O)c1ccc(Br)s1. The lowest BCUT2D eigenvalue weighted by Crippen LogP contribution is -2.42. The van der Waals surface area contributed by atoms with Crippen molar-refractivity contribution in [2.75, 3.05) is 6.61 Å². The topological polar surface area (TPSA) is 66.4 Å². The lowest BCUT2D eigenvalue weighted by Gasteiger charge is -2.28. The maximum Gasteiger partial charge on any atom is 0.250 e. The van der Waals surface area contributed by atoms with E-state index in [4.69, 9.17) is 0 Å². The lowest BCUT2D eigenvalue weighted by molar-refractivity contribution is 0.229. The molecule has 0 fully saturated rings. The van der Waals surface area contributed by atoms with Crippen LogP contribution in [-0.2, 0) is 10.0 Å². The molecule has 1 heterocycles. The molecule has 2 N–H and O–H groups in total. The molecule has 7 heteroatoms. The molecule has 2 rings (SSSR count). The molecule has 0 saturated carbocycles. The molecule has 1 aromatic carbocycles. The van der Waals surface area contributed by atoms with Gasteiger partial charge in [-0.2, -0.15) is 0 Å². The van der Waals surface area contributed by atoms with Gasteiger partial charge in [0.1, 0.15) is 4.21 Å². The first-order valence-corrected chi connectivity index (χ1v) is 10.9. The molecule has 2 aromatic rings. The molecule has 0 aliphatic heterocycles. The first-order valence-electron chi connectivity index (χ1n) is 7.77. The van der Waals surface area contributed by atoms with Crippen molar-refractivity contribution in [2.45, 2.75) is 36.4 Å². The Hall–Kier alpha value is -0.730. The van der Waals surface area contributed by atoms with Crippen LogP contribution in [0.1, 0.15) is 31.7 Å². The van der Waals surface area contributed by atoms with Crippen molar-refractivity contribution in [2.24, 2.45) is 5.92 Å². The number of halogens is 1. The number of benzene rings is 1. The van der Waals surface area contributed by atoms with Gasteiger partial charge < -0.3 is 5.11 Å². The number of aliphatic hydroxyl groups excluding tert-OH is 1. The Morgan fingerprint density at radius 2 is 1.83 bits per heavy atom. The zero-order valence-electron chi connectivity index (χ0n) is 13.6. The summed E-state index contributed by atoms with van der Waals surface area (Å²) in [6.45, 7) is 3.93. The third-order valence-corrected chi connectivity index (χ3v) is 7.36. The molecular formula is C17H22BrNO3S2. The summed E-state index contributed by atoms with van der Waals surface area (Å²) in [5.74, 6) is 0.291. The fraction of sp³-hybridized carbons (Fsp3) is 0.412. The third kappa shape index (κ3) is 5.13. The van der Waals surface area contributed by atoms with Crippen LogP contribution in [0.15, 0.2) is 50.5 Å². The molecule has 0 bridgehead atoms. The van der Waals surface area contributed by atoms with E-state index in [9.17, 15) is 13.5 Å². The van der Waals surface area contributed by atoms with E-state index in [2.05, 4.69) is 34.5 Å². The zero-order chi connectivity index (χ0) is 17.7. The van der Waals surface area contributed by atoms with E-state index in [0.29, 0.717) is 5.92 Å². The summed E-state index contributed by atoms with van der Waals surface area (Å²) in [5, 5.41) is 9.85. The van der Waals surface area contributed by atoms with E-state index in [1.165, 1.54) is 0 Å². The molecule has 0 unspecified atom stereocenters. The molecule has 0 aliphatic rings. The number of hydrogen-bond acceptors (Lipinski definition) is 4. The van der Waals surface area contributed by atoms with Crippen LogP contribution in [0, 0.1) is 5.92 Å². The van der Waals surface area contributed by atoms with Gasteiger partial charge in [-0.3, -0.25) is 0 Å². The van der Waals surface area contributed by atoms with Crippen molar-refractivity contribution in [3.63, 3.8) is 0 Å². The molecular weight excluding hydrogens is 410 g/mol. The number of hydrogen-bond donors (Lipinski definition) is 2. The van der Waals surface area contributed by atoms with Gasteiger partial charge in [-0.05, 0) is 46.0 Å². The number of aliphatic hydroxyl groups is 1. The summed E-state index contributed by atoms with van der Waals surface area (Å²) in [5.41, 5.74) is 1.03. The van der Waals surface area contributed by atoms with Crippen molar-refractivity contribution in [1.82, 2.24) is 4.72 Å². The first-order chi connectivity index (χ1) is 11.3. The van der Waals surface area contributed by atoms with Crippen LogP contribution < -0.4 is 4.72 Å². The van der Waals surface area contributed by atoms with E-state index in [0.717, 1.165) is 27.1 Å². The van der Waals surface area contributed by atoms with E-state index < -0.39 is 16.1 Å². The summed E-state index contributed by atoms with van der Waals surface area (Å²) in [4.78, 5) is 0. The van der Waals surface area contributed by atoms with E-state index in [1.807, 2.05) is 30.3 Å². The van der Waals surface area contributed by atoms with Crippen LogP contribution in [0.3, 0.4) is 0 Å². The van der Waals surface area contributed by atoms with Crippen molar-refractivity contribution in [3.8, 4) is 0 Å². The highest BCUT2D eigenvalue weighted by molar-refractivity contribution is 9.11. The van der Waals surface area contributed by atoms with Crippen LogP contribution >= 0.6 is 27.3 Å². The molecule has 0 amide bonds. The van der Waals surface area contributed by atoms with Crippen LogP contribution in [0.25, 0.3) is 0 Å². The normalized spacial score (nSPS) is 14.7. The molecule has 0 radical (unpaired) electrons. The minimum atomic E-state index is -3.66. The number of nitrogens with one attached hydrogen (secondary N) is 1. The van der Waals surface area contributed by atoms with Gasteiger partial charge in [0.2, 0.25) is 10.0 Å². The predicted octanol–water partition coefficient (Wildman–Crippen LogP) is 3.98. The van der Waals surface area contributed by atoms with Gasteiger partial charge in [0.15, 0.2) is 0 Å². The molecule has 0 saturated heterocycles. The highest BCUT2D eigenvalue weighted by atomic mass is 79.9. The summed E-state index contributed by atoms with van der Waals surface area (Å²) in [6.07, 6.45) is 0.784. The average molecular weight is 432 g/mol. The highest BCUT2D eigenvalue weighted by Crippen LogP contribution is 2.30. The minimum absolute atomic E-state index is 0.0885. The fourth-order valence-electron chi connectivity index (χ4n) is 2.69. The Kier molecular flexibility index (Phi) is 7.00. The summed E-state index contributed by atoms with van der Waals surface area (Å²) >= 11 is 4.44. The van der Waals surface area contributed by atoms with Crippen LogP contribution in [-0.4, -0.2) is 26.2 Å². The monoisotopic (exact) mass is 431 g/mol. The molecule has 4 nitrogen and oxygen atoms in total. The Labute approximate surface area is 156 Å². The maximum atomic E-state index is 12.6. The van der Waals surface area contributed by atoms with Crippen LogP contribution in [0.2, 0.25) is 0 Å². The minimum Gasteiger partial charge on any atom is -0.395 e. The Balaban J connectivity index is 2.29. The average Bonchev–Trinajstić information content (AvgIpc) is 2.99. The second kappa shape index (κ2) is 8.58. The van der Waals surface area contributed by atoms with E-state index in [-0.39, 0.29) is 16.7 Å². The number of sulfonamides is 1. The predicted molar refractivity (Wildman–Crippen MR) is 102 cm³/mol. The van der Waals surface area contributed by atoms with E-state index in [1.54, 1.807) is 12.1 Å². The van der Waals surface area contributed by atoms with Crippen molar-refractivity contribution in [1.29, 1.82) is 0 Å². The van der Waals surface area contributed by atoms with Crippen molar-refractivity contribution >= 4 is 37.3 Å². The first kappa shape index (κ1) is 19.6. The van der Waals surface area contributed by atoms with Gasteiger partial charge in [-0.15, -0.1) is 11.3 Å². The van der Waals surface area contributed by atoms with Gasteiger partial charge in [0.05, 0.1) is 16.4 Å². The summed E-state index contributed by atoms with van der Waals surface area (Å²) in [7, 11) is -3.66. The Morgan fingerprint density at radius 3 is 2.33 bits per heavy atom. The smallest absolute Gasteiger partial charge is 0.250 e. The number of thiophene rings is 1. The molecule has 1 aromatic heterocycles. The standard InChI is InChI=1S/C17H22BrNO3S2/c1-12(2)10-14(13-6-4-3-5-7-13)15(11-20)19-24(21,22)17-9-8-16(18)23-17/h3-9,12,14-15,19-20H,10-11H2,1-2H3/t14-,15-/m1/s1. The highest BCUT2D eigenvalue weighted by Gasteiger charge is 2.29. The Morgan fingerprint density at radius 1 is 1.17 bits per heavy atom. The molecule has 0 spiro atoms. The third-order valence-electron chi connectivity index (χ3n) is 3.76. The van der Waals surface area contributed by atoms with Crippen LogP contribution in [0.5, 0.6) is 0 Å². The molecule has 24 heavy (non-hydrogen) atoms. The quantitative estimate of drug-likeness (QED) is 0.663. The largest absolute Gasteiger partial charge is 0.395 e. The second-order valence-corrected chi connectivity index (χ2v) is 10.5. The summed E-state index contributed by atoms with van der Waals surface area (Å²) in [6, 6.07) is 12.4. The summed E-state index contributed by atoms with van der Waals surface area (Å²) < 4.78 is 28.9. The van der Waals surface area contributed by atoms with Crippen LogP contribution in [0.4, 0.5) is 0 Å². The zero-order valence-corrected chi connectivity index (χ0v) is 16.9. The van der Waals surface area contributed by atoms with Crippen molar-refractivity contribution < 1.29 is 13.5 Å². The van der Waals surface area contributed by atoms with Gasteiger partial charge in [-0.25, -0.2) is 13.1 Å². The Bertz CT molecular complexity index is 744. The van der Waals surface area contributed by atoms with E-state index >= 15 is 0 Å².